The Morgan fingerprint density at radius 2 is 2.08 bits per heavy atom. The first kappa shape index (κ1) is 16.0. The van der Waals surface area contributed by atoms with Gasteiger partial charge in [-0.15, -0.1) is 0 Å². The number of carboxylic acid groups (broad SMARTS) is 1. The Labute approximate surface area is 138 Å². The molecular weight excluding hydrogens is 314 g/mol. The van der Waals surface area contributed by atoms with Gasteiger partial charge < -0.3 is 15.3 Å². The standard InChI is InChI=1S/C16H17N3O5/c20-13-8-17-16(24)19(13)9-10-3-1-4-11(7-10)14(21)18-6-2-5-12(18)15(22)23/h1,3-4,7,12H,2,5-6,8-9H2,(H,17,24)(H,22,23)/t12-/m1/s1. The minimum atomic E-state index is -1.00. The lowest BCUT2D eigenvalue weighted by Crippen LogP contribution is -2.40. The first-order valence-electron chi connectivity index (χ1n) is 7.68. The number of carbonyl (C=O) groups is 4. The van der Waals surface area contributed by atoms with Crippen molar-refractivity contribution in [1.29, 1.82) is 0 Å². The Morgan fingerprint density at radius 1 is 1.29 bits per heavy atom. The number of urea groups is 1. The molecule has 2 aliphatic rings. The molecule has 0 spiro atoms. The largest absolute Gasteiger partial charge is 0.480 e. The van der Waals surface area contributed by atoms with Gasteiger partial charge in [0.05, 0.1) is 13.1 Å². The van der Waals surface area contributed by atoms with Crippen LogP contribution in [0.5, 0.6) is 0 Å². The average Bonchev–Trinajstić information content (AvgIpc) is 3.17. The lowest BCUT2D eigenvalue weighted by molar-refractivity contribution is -0.141. The van der Waals surface area contributed by atoms with Crippen LogP contribution < -0.4 is 5.32 Å². The van der Waals surface area contributed by atoms with Gasteiger partial charge in [0.15, 0.2) is 0 Å². The number of aliphatic carboxylic acids is 1. The molecule has 3 rings (SSSR count). The van der Waals surface area contributed by atoms with Crippen LogP contribution >= 0.6 is 0 Å². The lowest BCUT2D eigenvalue weighted by Gasteiger charge is -2.22. The van der Waals surface area contributed by atoms with Crippen molar-refractivity contribution in [3.8, 4) is 0 Å². The first-order chi connectivity index (χ1) is 11.5. The zero-order chi connectivity index (χ0) is 17.3. The van der Waals surface area contributed by atoms with Crippen LogP contribution in [0.4, 0.5) is 4.79 Å². The van der Waals surface area contributed by atoms with E-state index in [-0.39, 0.29) is 24.9 Å². The predicted molar refractivity (Wildman–Crippen MR) is 82.1 cm³/mol. The fourth-order valence-corrected chi connectivity index (χ4v) is 3.03. The quantitative estimate of drug-likeness (QED) is 0.778. The van der Waals surface area contributed by atoms with Gasteiger partial charge in [0.1, 0.15) is 6.04 Å². The molecule has 0 aliphatic carbocycles. The maximum Gasteiger partial charge on any atom is 0.326 e. The van der Waals surface area contributed by atoms with Crippen LogP contribution in [-0.2, 0) is 16.1 Å². The number of carboxylic acids is 1. The third-order valence-electron chi connectivity index (χ3n) is 4.25. The van der Waals surface area contributed by atoms with Crippen molar-refractivity contribution in [1.82, 2.24) is 15.1 Å². The molecule has 24 heavy (non-hydrogen) atoms. The minimum absolute atomic E-state index is 0.0223. The van der Waals surface area contributed by atoms with Crippen LogP contribution in [0, 0.1) is 0 Å². The topological polar surface area (TPSA) is 107 Å². The Kier molecular flexibility index (Phi) is 4.20. The Balaban J connectivity index is 1.77. The van der Waals surface area contributed by atoms with Crippen molar-refractivity contribution < 1.29 is 24.3 Å². The Bertz CT molecular complexity index is 701. The predicted octanol–water partition coefficient (Wildman–Crippen LogP) is 0.428. The number of nitrogens with one attached hydrogen (secondary N) is 1. The van der Waals surface area contributed by atoms with Gasteiger partial charge in [-0.05, 0) is 30.5 Å². The molecular formula is C16H17N3O5. The summed E-state index contributed by atoms with van der Waals surface area (Å²) in [5.41, 5.74) is 0.991. The molecule has 0 aromatic heterocycles. The fourth-order valence-electron chi connectivity index (χ4n) is 3.03. The molecule has 0 unspecified atom stereocenters. The van der Waals surface area contributed by atoms with Crippen molar-refractivity contribution in [2.45, 2.75) is 25.4 Å². The first-order valence-corrected chi connectivity index (χ1v) is 7.68. The van der Waals surface area contributed by atoms with Crippen molar-refractivity contribution in [3.63, 3.8) is 0 Å². The molecule has 1 atom stereocenters. The number of imide groups is 1. The van der Waals surface area contributed by atoms with Crippen LogP contribution in [-0.4, -0.2) is 57.9 Å². The second kappa shape index (κ2) is 6.31. The van der Waals surface area contributed by atoms with E-state index in [9.17, 15) is 24.3 Å². The summed E-state index contributed by atoms with van der Waals surface area (Å²) in [7, 11) is 0. The lowest BCUT2D eigenvalue weighted by atomic mass is 10.1. The maximum atomic E-state index is 12.6. The van der Waals surface area contributed by atoms with Gasteiger partial charge >= 0.3 is 12.0 Å². The maximum absolute atomic E-state index is 12.6. The summed E-state index contributed by atoms with van der Waals surface area (Å²) < 4.78 is 0. The van der Waals surface area contributed by atoms with Crippen LogP contribution in [0.25, 0.3) is 0 Å². The van der Waals surface area contributed by atoms with E-state index in [0.717, 1.165) is 4.90 Å². The molecule has 1 aromatic carbocycles. The summed E-state index contributed by atoms with van der Waals surface area (Å²) in [4.78, 5) is 49.5. The zero-order valence-electron chi connectivity index (χ0n) is 12.9. The molecule has 4 amide bonds. The Morgan fingerprint density at radius 3 is 2.75 bits per heavy atom. The van der Waals surface area contributed by atoms with E-state index < -0.39 is 18.0 Å². The van der Waals surface area contributed by atoms with Crippen molar-refractivity contribution in [3.05, 3.63) is 35.4 Å². The van der Waals surface area contributed by atoms with Gasteiger partial charge in [-0.1, -0.05) is 12.1 Å². The number of rotatable bonds is 4. The number of benzene rings is 1. The van der Waals surface area contributed by atoms with E-state index in [0.29, 0.717) is 30.5 Å². The second-order valence-corrected chi connectivity index (χ2v) is 5.83. The van der Waals surface area contributed by atoms with Gasteiger partial charge in [-0.3, -0.25) is 14.5 Å². The van der Waals surface area contributed by atoms with E-state index >= 15 is 0 Å². The zero-order valence-corrected chi connectivity index (χ0v) is 12.9. The highest BCUT2D eigenvalue weighted by Crippen LogP contribution is 2.21. The molecule has 0 radical (unpaired) electrons. The second-order valence-electron chi connectivity index (χ2n) is 5.83. The molecule has 2 saturated heterocycles. The average molecular weight is 331 g/mol. The molecule has 2 aliphatic heterocycles. The number of hydrogen-bond donors (Lipinski definition) is 2. The molecule has 2 heterocycles. The summed E-state index contributed by atoms with van der Waals surface area (Å²) >= 11 is 0. The molecule has 2 N–H and O–H groups in total. The van der Waals surface area contributed by atoms with Gasteiger partial charge in [0, 0.05) is 12.1 Å². The van der Waals surface area contributed by atoms with Gasteiger partial charge in [0.25, 0.3) is 5.91 Å². The molecule has 1 aromatic rings. The summed E-state index contributed by atoms with van der Waals surface area (Å²) in [5, 5.41) is 11.6. The van der Waals surface area contributed by atoms with Crippen LogP contribution in [0.3, 0.4) is 0 Å². The molecule has 126 valence electrons. The van der Waals surface area contributed by atoms with Crippen LogP contribution in [0.2, 0.25) is 0 Å². The van der Waals surface area contributed by atoms with E-state index in [1.807, 2.05) is 0 Å². The highest BCUT2D eigenvalue weighted by atomic mass is 16.4. The number of likely N-dealkylation sites (tertiary alicyclic amines) is 1. The smallest absolute Gasteiger partial charge is 0.326 e. The van der Waals surface area contributed by atoms with Crippen LogP contribution in [0.15, 0.2) is 24.3 Å². The van der Waals surface area contributed by atoms with E-state index in [1.165, 1.54) is 4.90 Å². The Hall–Kier alpha value is -2.90. The summed E-state index contributed by atoms with van der Waals surface area (Å²) in [6, 6.07) is 5.32. The van der Waals surface area contributed by atoms with Gasteiger partial charge in [-0.2, -0.15) is 0 Å². The van der Waals surface area contributed by atoms with E-state index in [1.54, 1.807) is 24.3 Å². The molecule has 2 fully saturated rings. The SMILES string of the molecule is O=C(O)[C@H]1CCCN1C(=O)c1cccc(CN2C(=O)CNC2=O)c1. The normalized spacial score (nSPS) is 20.4. The number of hydrogen-bond acceptors (Lipinski definition) is 4. The third-order valence-corrected chi connectivity index (χ3v) is 4.25. The highest BCUT2D eigenvalue weighted by molar-refractivity contribution is 6.02. The van der Waals surface area contributed by atoms with Crippen molar-refractivity contribution in [2.24, 2.45) is 0 Å². The number of amides is 4. The monoisotopic (exact) mass is 331 g/mol. The molecule has 8 heteroatoms. The summed E-state index contributed by atoms with van der Waals surface area (Å²) in [5.74, 6) is -1.67. The van der Waals surface area contributed by atoms with E-state index in [4.69, 9.17) is 0 Å². The van der Waals surface area contributed by atoms with Gasteiger partial charge in [0.2, 0.25) is 5.91 Å². The third kappa shape index (κ3) is 2.94. The number of carbonyl (C=O) groups excluding carboxylic acids is 3. The van der Waals surface area contributed by atoms with Crippen molar-refractivity contribution >= 4 is 23.8 Å². The molecule has 0 saturated carbocycles. The molecule has 0 bridgehead atoms. The molecule has 8 nitrogen and oxygen atoms in total. The summed E-state index contributed by atoms with van der Waals surface area (Å²) in [6.45, 7) is 0.465. The summed E-state index contributed by atoms with van der Waals surface area (Å²) in [6.07, 6.45) is 1.11. The van der Waals surface area contributed by atoms with Gasteiger partial charge in [-0.25, -0.2) is 9.59 Å². The minimum Gasteiger partial charge on any atom is -0.480 e. The number of nitrogens with zero attached hydrogens (tertiary/aromatic N) is 2. The fraction of sp³-hybridized carbons (Fsp3) is 0.375. The van der Waals surface area contributed by atoms with Crippen molar-refractivity contribution in [2.75, 3.05) is 13.1 Å². The van der Waals surface area contributed by atoms with E-state index in [2.05, 4.69) is 5.32 Å². The van der Waals surface area contributed by atoms with Crippen LogP contribution in [0.1, 0.15) is 28.8 Å². The highest BCUT2D eigenvalue weighted by Gasteiger charge is 2.34.